The Hall–Kier alpha value is -2.22. The molecule has 0 amide bonds. The standard InChI is InChI=1S/C16H20N2O3/c1-3-21-16(19)13-5-4-8-18(11-13)15-9-14(20-2)7-6-12(15)10-17/h6-7,9,13H,3-5,8,11H2,1-2H3. The van der Waals surface area contributed by atoms with E-state index in [1.54, 1.807) is 19.2 Å². The summed E-state index contributed by atoms with van der Waals surface area (Å²) >= 11 is 0. The van der Waals surface area contributed by atoms with E-state index in [0.717, 1.165) is 25.1 Å². The first-order valence-corrected chi connectivity index (χ1v) is 7.19. The zero-order valence-electron chi connectivity index (χ0n) is 12.5. The van der Waals surface area contributed by atoms with Gasteiger partial charge in [-0.2, -0.15) is 5.26 Å². The number of esters is 1. The number of piperidine rings is 1. The average Bonchev–Trinajstić information content (AvgIpc) is 2.54. The van der Waals surface area contributed by atoms with Gasteiger partial charge in [-0.15, -0.1) is 0 Å². The van der Waals surface area contributed by atoms with Crippen LogP contribution in [-0.2, 0) is 9.53 Å². The average molecular weight is 288 g/mol. The van der Waals surface area contributed by atoms with E-state index in [1.807, 2.05) is 13.0 Å². The van der Waals surface area contributed by atoms with Crippen molar-refractivity contribution in [3.05, 3.63) is 23.8 Å². The molecule has 5 heteroatoms. The number of nitriles is 1. The van der Waals surface area contributed by atoms with Gasteiger partial charge in [0.15, 0.2) is 0 Å². The van der Waals surface area contributed by atoms with Gasteiger partial charge >= 0.3 is 5.97 Å². The maximum absolute atomic E-state index is 11.9. The first kappa shape index (κ1) is 15.2. The van der Waals surface area contributed by atoms with E-state index in [9.17, 15) is 10.1 Å². The lowest BCUT2D eigenvalue weighted by Crippen LogP contribution is -2.39. The van der Waals surface area contributed by atoms with Gasteiger partial charge in [-0.05, 0) is 31.9 Å². The number of carbonyl (C=O) groups excluding carboxylic acids is 1. The maximum Gasteiger partial charge on any atom is 0.310 e. The van der Waals surface area contributed by atoms with Crippen molar-refractivity contribution in [3.8, 4) is 11.8 Å². The zero-order valence-corrected chi connectivity index (χ0v) is 12.5. The summed E-state index contributed by atoms with van der Waals surface area (Å²) in [6.45, 7) is 3.63. The summed E-state index contributed by atoms with van der Waals surface area (Å²) in [6.07, 6.45) is 1.74. The summed E-state index contributed by atoms with van der Waals surface area (Å²) in [4.78, 5) is 14.0. The van der Waals surface area contributed by atoms with Gasteiger partial charge < -0.3 is 14.4 Å². The quantitative estimate of drug-likeness (QED) is 0.796. The Labute approximate surface area is 125 Å². The molecule has 1 unspecified atom stereocenters. The van der Waals surface area contributed by atoms with Crippen molar-refractivity contribution in [2.75, 3.05) is 31.7 Å². The van der Waals surface area contributed by atoms with Crippen molar-refractivity contribution in [1.82, 2.24) is 0 Å². The van der Waals surface area contributed by atoms with Gasteiger partial charge in [-0.1, -0.05) is 0 Å². The monoisotopic (exact) mass is 288 g/mol. The van der Waals surface area contributed by atoms with Crippen molar-refractivity contribution < 1.29 is 14.3 Å². The fraction of sp³-hybridized carbons (Fsp3) is 0.500. The van der Waals surface area contributed by atoms with Gasteiger partial charge in [-0.25, -0.2) is 0 Å². The molecule has 0 radical (unpaired) electrons. The first-order chi connectivity index (χ1) is 10.2. The lowest BCUT2D eigenvalue weighted by Gasteiger charge is -2.33. The van der Waals surface area contributed by atoms with E-state index in [0.29, 0.717) is 24.5 Å². The second-order valence-corrected chi connectivity index (χ2v) is 5.03. The minimum atomic E-state index is -0.149. The van der Waals surface area contributed by atoms with Crippen molar-refractivity contribution >= 4 is 11.7 Å². The smallest absolute Gasteiger partial charge is 0.310 e. The summed E-state index contributed by atoms with van der Waals surface area (Å²) in [7, 11) is 1.60. The minimum Gasteiger partial charge on any atom is -0.497 e. The molecule has 1 heterocycles. The van der Waals surface area contributed by atoms with E-state index >= 15 is 0 Å². The highest BCUT2D eigenvalue weighted by Gasteiger charge is 2.28. The van der Waals surface area contributed by atoms with Gasteiger partial charge in [-0.3, -0.25) is 4.79 Å². The van der Waals surface area contributed by atoms with Crippen LogP contribution in [0.2, 0.25) is 0 Å². The van der Waals surface area contributed by atoms with Crippen LogP contribution in [0.15, 0.2) is 18.2 Å². The van der Waals surface area contributed by atoms with E-state index in [4.69, 9.17) is 9.47 Å². The fourth-order valence-electron chi connectivity index (χ4n) is 2.64. The molecule has 1 saturated heterocycles. The summed E-state index contributed by atoms with van der Waals surface area (Å²) in [5.74, 6) is 0.433. The van der Waals surface area contributed by atoms with Crippen LogP contribution in [0.3, 0.4) is 0 Å². The highest BCUT2D eigenvalue weighted by Crippen LogP contribution is 2.30. The number of hydrogen-bond donors (Lipinski definition) is 0. The molecule has 0 saturated carbocycles. The molecule has 0 spiro atoms. The predicted octanol–water partition coefficient (Wildman–Crippen LogP) is 2.35. The molecule has 0 bridgehead atoms. The van der Waals surface area contributed by atoms with Crippen LogP contribution in [0.4, 0.5) is 5.69 Å². The highest BCUT2D eigenvalue weighted by atomic mass is 16.5. The number of carbonyl (C=O) groups is 1. The molecule has 0 aliphatic carbocycles. The zero-order chi connectivity index (χ0) is 15.2. The third kappa shape index (κ3) is 3.46. The Balaban J connectivity index is 2.21. The number of methoxy groups -OCH3 is 1. The molecule has 0 N–H and O–H groups in total. The van der Waals surface area contributed by atoms with Crippen LogP contribution in [0.5, 0.6) is 5.75 Å². The third-order valence-corrected chi connectivity index (χ3v) is 3.71. The fourth-order valence-corrected chi connectivity index (χ4v) is 2.64. The normalized spacial score (nSPS) is 18.0. The Morgan fingerprint density at radius 2 is 2.33 bits per heavy atom. The highest BCUT2D eigenvalue weighted by molar-refractivity contribution is 5.74. The molecule has 1 aromatic rings. The van der Waals surface area contributed by atoms with E-state index in [1.165, 1.54) is 0 Å². The molecule has 1 aliphatic rings. The minimum absolute atomic E-state index is 0.128. The molecule has 2 rings (SSSR count). The van der Waals surface area contributed by atoms with E-state index in [-0.39, 0.29) is 11.9 Å². The van der Waals surface area contributed by atoms with Crippen LogP contribution >= 0.6 is 0 Å². The summed E-state index contributed by atoms with van der Waals surface area (Å²) in [5, 5.41) is 9.26. The third-order valence-electron chi connectivity index (χ3n) is 3.71. The van der Waals surface area contributed by atoms with Crippen molar-refractivity contribution in [3.63, 3.8) is 0 Å². The van der Waals surface area contributed by atoms with Crippen molar-refractivity contribution in [1.29, 1.82) is 5.26 Å². The van der Waals surface area contributed by atoms with Gasteiger partial charge in [0.25, 0.3) is 0 Å². The Morgan fingerprint density at radius 1 is 1.52 bits per heavy atom. The molecule has 21 heavy (non-hydrogen) atoms. The predicted molar refractivity (Wildman–Crippen MR) is 79.3 cm³/mol. The Kier molecular flexibility index (Phi) is 5.04. The summed E-state index contributed by atoms with van der Waals surface area (Å²) in [6, 6.07) is 7.58. The topological polar surface area (TPSA) is 62.6 Å². The van der Waals surface area contributed by atoms with Crippen LogP contribution < -0.4 is 9.64 Å². The number of ether oxygens (including phenoxy) is 2. The molecular weight excluding hydrogens is 268 g/mol. The number of nitrogens with zero attached hydrogens (tertiary/aromatic N) is 2. The number of rotatable bonds is 4. The lowest BCUT2D eigenvalue weighted by molar-refractivity contribution is -0.148. The number of benzene rings is 1. The molecule has 1 aliphatic heterocycles. The van der Waals surface area contributed by atoms with Crippen LogP contribution in [0.1, 0.15) is 25.3 Å². The van der Waals surface area contributed by atoms with E-state index < -0.39 is 0 Å². The van der Waals surface area contributed by atoms with E-state index in [2.05, 4.69) is 11.0 Å². The molecule has 5 nitrogen and oxygen atoms in total. The SMILES string of the molecule is CCOC(=O)C1CCCN(c2cc(OC)ccc2C#N)C1. The van der Waals surface area contributed by atoms with Gasteiger partial charge in [0, 0.05) is 19.2 Å². The molecule has 112 valence electrons. The Morgan fingerprint density at radius 3 is 3.00 bits per heavy atom. The number of anilines is 1. The second-order valence-electron chi connectivity index (χ2n) is 5.03. The van der Waals surface area contributed by atoms with Crippen molar-refractivity contribution in [2.24, 2.45) is 5.92 Å². The van der Waals surface area contributed by atoms with Gasteiger partial charge in [0.1, 0.15) is 11.8 Å². The number of hydrogen-bond acceptors (Lipinski definition) is 5. The Bertz CT molecular complexity index is 551. The van der Waals surface area contributed by atoms with Crippen LogP contribution in [0.25, 0.3) is 0 Å². The van der Waals surface area contributed by atoms with Crippen LogP contribution in [0, 0.1) is 17.2 Å². The molecular formula is C16H20N2O3. The lowest BCUT2D eigenvalue weighted by atomic mass is 9.97. The van der Waals surface area contributed by atoms with Gasteiger partial charge in [0.2, 0.25) is 0 Å². The van der Waals surface area contributed by atoms with Crippen LogP contribution in [-0.4, -0.2) is 32.8 Å². The summed E-state index contributed by atoms with van der Waals surface area (Å²) in [5.41, 5.74) is 1.42. The molecule has 0 aromatic heterocycles. The largest absolute Gasteiger partial charge is 0.497 e. The molecule has 1 atom stereocenters. The second kappa shape index (κ2) is 6.98. The maximum atomic E-state index is 11.9. The summed E-state index contributed by atoms with van der Waals surface area (Å²) < 4.78 is 10.3. The molecule has 1 fully saturated rings. The first-order valence-electron chi connectivity index (χ1n) is 7.19. The van der Waals surface area contributed by atoms with Crippen molar-refractivity contribution in [2.45, 2.75) is 19.8 Å². The molecule has 1 aromatic carbocycles. The van der Waals surface area contributed by atoms with Gasteiger partial charge in [0.05, 0.1) is 30.9 Å².